The van der Waals surface area contributed by atoms with Crippen molar-refractivity contribution in [2.45, 2.75) is 0 Å². The molecule has 2 aliphatic heterocycles. The lowest BCUT2D eigenvalue weighted by Gasteiger charge is -2.33. The molecule has 10 aromatic rings. The molecule has 7 heteroatoms. The van der Waals surface area contributed by atoms with E-state index in [9.17, 15) is 0 Å². The molecule has 5 heterocycles. The van der Waals surface area contributed by atoms with E-state index in [0.29, 0.717) is 0 Å². The predicted octanol–water partition coefficient (Wildman–Crippen LogP) is 8.26. The van der Waals surface area contributed by atoms with Gasteiger partial charge in [0.1, 0.15) is 23.0 Å². The van der Waals surface area contributed by atoms with E-state index in [0.717, 1.165) is 95.0 Å². The van der Waals surface area contributed by atoms with Gasteiger partial charge in [0.2, 0.25) is 5.78 Å². The third-order valence-corrected chi connectivity index (χ3v) is 10.5. The van der Waals surface area contributed by atoms with E-state index in [2.05, 4.69) is 153 Å². The SMILES string of the molecule is c1ccc(-n2c3ccccc3n3c4c(ccc5c6ccccc6n(-c6cc7c8c(c6)Oc6ccccc6B8c6ccccc6O7)c54)nc23)cc1. The van der Waals surface area contributed by atoms with Crippen LogP contribution in [0.2, 0.25) is 0 Å². The van der Waals surface area contributed by atoms with Crippen LogP contribution in [0.4, 0.5) is 0 Å². The van der Waals surface area contributed by atoms with Gasteiger partial charge in [-0.05, 0) is 65.5 Å². The number of para-hydroxylation sites is 6. The standard InChI is InChI=1S/C43H25BN4O2/c1-2-12-26(13-3-1)47-34-18-8-9-19-35(34)48-42-32(45-43(47)48)23-22-29-28-14-4-7-17-33(28)46(41(29)42)27-24-38-40-39(25-27)50-37-21-11-6-16-31(37)44(40)30-15-5-10-20-36(30)49-38/h1-25H. The van der Waals surface area contributed by atoms with E-state index in [1.807, 2.05) is 12.1 Å². The van der Waals surface area contributed by atoms with Crippen molar-refractivity contribution in [3.8, 4) is 34.4 Å². The number of aromatic nitrogens is 4. The van der Waals surface area contributed by atoms with Gasteiger partial charge in [-0.1, -0.05) is 84.9 Å². The lowest BCUT2D eigenvalue weighted by molar-refractivity contribution is 0.464. The third kappa shape index (κ3) is 3.31. The Labute approximate surface area is 286 Å². The smallest absolute Gasteiger partial charge is 0.260 e. The summed E-state index contributed by atoms with van der Waals surface area (Å²) in [5.74, 6) is 4.25. The molecule has 3 aromatic heterocycles. The minimum Gasteiger partial charge on any atom is -0.458 e. The summed E-state index contributed by atoms with van der Waals surface area (Å²) in [5.41, 5.74) is 11.8. The maximum Gasteiger partial charge on any atom is 0.260 e. The van der Waals surface area contributed by atoms with Crippen LogP contribution in [0, 0.1) is 0 Å². The molecule has 2 aliphatic rings. The Kier molecular flexibility index (Phi) is 4.96. The quantitative estimate of drug-likeness (QED) is 0.179. The molecule has 7 aromatic carbocycles. The van der Waals surface area contributed by atoms with Gasteiger partial charge in [-0.25, -0.2) is 4.98 Å². The molecule has 0 amide bonds. The van der Waals surface area contributed by atoms with Gasteiger partial charge in [0.25, 0.3) is 6.71 Å². The molecule has 0 aliphatic carbocycles. The first-order chi connectivity index (χ1) is 24.8. The highest BCUT2D eigenvalue weighted by Gasteiger charge is 2.40. The highest BCUT2D eigenvalue weighted by molar-refractivity contribution is 6.98. The molecule has 12 rings (SSSR count). The molecule has 6 nitrogen and oxygen atoms in total. The molecular formula is C43H25BN4O2. The Morgan fingerprint density at radius 3 is 1.82 bits per heavy atom. The van der Waals surface area contributed by atoms with Gasteiger partial charge < -0.3 is 14.0 Å². The van der Waals surface area contributed by atoms with Gasteiger partial charge in [0, 0.05) is 34.1 Å². The zero-order chi connectivity index (χ0) is 32.5. The van der Waals surface area contributed by atoms with E-state index in [4.69, 9.17) is 14.5 Å². The molecule has 50 heavy (non-hydrogen) atoms. The van der Waals surface area contributed by atoms with Gasteiger partial charge in [-0.3, -0.25) is 8.97 Å². The van der Waals surface area contributed by atoms with Crippen LogP contribution in [0.1, 0.15) is 0 Å². The molecule has 0 spiro atoms. The number of benzene rings is 7. The first-order valence-corrected chi connectivity index (χ1v) is 16.9. The molecule has 0 saturated carbocycles. The van der Waals surface area contributed by atoms with Crippen molar-refractivity contribution in [2.75, 3.05) is 0 Å². The van der Waals surface area contributed by atoms with Crippen molar-refractivity contribution in [3.63, 3.8) is 0 Å². The number of rotatable bonds is 2. The summed E-state index contributed by atoms with van der Waals surface area (Å²) in [7, 11) is 0. The average molecular weight is 641 g/mol. The van der Waals surface area contributed by atoms with E-state index in [1.165, 1.54) is 5.39 Å². The summed E-state index contributed by atoms with van der Waals surface area (Å²) in [6, 6.07) is 53.2. The molecule has 0 radical (unpaired) electrons. The number of fused-ring (bicyclic) bond motifs is 13. The van der Waals surface area contributed by atoms with Gasteiger partial charge in [-0.15, -0.1) is 0 Å². The van der Waals surface area contributed by atoms with Gasteiger partial charge >= 0.3 is 0 Å². The first kappa shape index (κ1) is 26.3. The molecule has 232 valence electrons. The second-order valence-electron chi connectivity index (χ2n) is 13.2. The third-order valence-electron chi connectivity index (χ3n) is 10.5. The number of hydrogen-bond donors (Lipinski definition) is 0. The summed E-state index contributed by atoms with van der Waals surface area (Å²) in [5, 5.41) is 2.33. The van der Waals surface area contributed by atoms with Crippen molar-refractivity contribution >= 4 is 72.8 Å². The fourth-order valence-electron chi connectivity index (χ4n) is 8.54. The van der Waals surface area contributed by atoms with Gasteiger partial charge in [0.15, 0.2) is 0 Å². The fourth-order valence-corrected chi connectivity index (χ4v) is 8.54. The van der Waals surface area contributed by atoms with Crippen LogP contribution in [0.15, 0.2) is 152 Å². The zero-order valence-corrected chi connectivity index (χ0v) is 26.6. The Hall–Kier alpha value is -6.73. The molecular weight excluding hydrogens is 615 g/mol. The molecule has 0 N–H and O–H groups in total. The van der Waals surface area contributed by atoms with E-state index < -0.39 is 0 Å². The molecule has 0 unspecified atom stereocenters. The zero-order valence-electron chi connectivity index (χ0n) is 26.6. The minimum absolute atomic E-state index is 0.0207. The molecule has 0 saturated heterocycles. The van der Waals surface area contributed by atoms with Crippen LogP contribution in [-0.4, -0.2) is 25.2 Å². The highest BCUT2D eigenvalue weighted by Crippen LogP contribution is 2.42. The van der Waals surface area contributed by atoms with Gasteiger partial charge in [0.05, 0.1) is 38.8 Å². The lowest BCUT2D eigenvalue weighted by Crippen LogP contribution is -2.57. The summed E-state index contributed by atoms with van der Waals surface area (Å²) < 4.78 is 20.4. The van der Waals surface area contributed by atoms with Crippen LogP contribution in [0.25, 0.3) is 61.0 Å². The van der Waals surface area contributed by atoms with Crippen LogP contribution in [0.5, 0.6) is 23.0 Å². The van der Waals surface area contributed by atoms with E-state index in [-0.39, 0.29) is 6.71 Å². The largest absolute Gasteiger partial charge is 0.458 e. The number of nitrogens with zero attached hydrogens (tertiary/aromatic N) is 4. The Morgan fingerprint density at radius 1 is 0.460 bits per heavy atom. The van der Waals surface area contributed by atoms with Crippen molar-refractivity contribution in [1.29, 1.82) is 0 Å². The number of hydrogen-bond acceptors (Lipinski definition) is 3. The highest BCUT2D eigenvalue weighted by atomic mass is 16.5. The second-order valence-corrected chi connectivity index (χ2v) is 13.2. The molecule has 0 atom stereocenters. The Morgan fingerprint density at radius 2 is 1.08 bits per heavy atom. The fraction of sp³-hybridized carbons (Fsp3) is 0. The monoisotopic (exact) mass is 640 g/mol. The molecule has 0 fully saturated rings. The van der Waals surface area contributed by atoms with Crippen molar-refractivity contribution in [1.82, 2.24) is 18.5 Å². The number of imidazole rings is 2. The number of ether oxygens (including phenoxy) is 2. The van der Waals surface area contributed by atoms with Crippen molar-refractivity contribution < 1.29 is 9.47 Å². The summed E-state index contributed by atoms with van der Waals surface area (Å²) >= 11 is 0. The predicted molar refractivity (Wildman–Crippen MR) is 202 cm³/mol. The van der Waals surface area contributed by atoms with Crippen LogP contribution in [-0.2, 0) is 0 Å². The van der Waals surface area contributed by atoms with Gasteiger partial charge in [-0.2, -0.15) is 0 Å². The summed E-state index contributed by atoms with van der Waals surface area (Å²) in [6.45, 7) is 0.0207. The maximum absolute atomic E-state index is 6.74. The van der Waals surface area contributed by atoms with Crippen LogP contribution < -0.4 is 25.9 Å². The van der Waals surface area contributed by atoms with E-state index in [1.54, 1.807) is 0 Å². The topological polar surface area (TPSA) is 45.6 Å². The normalized spacial score (nSPS) is 13.1. The second kappa shape index (κ2) is 9.46. The molecule has 0 bridgehead atoms. The van der Waals surface area contributed by atoms with Crippen molar-refractivity contribution in [3.05, 3.63) is 152 Å². The summed E-state index contributed by atoms with van der Waals surface area (Å²) in [6.07, 6.45) is 0. The van der Waals surface area contributed by atoms with Crippen molar-refractivity contribution in [2.24, 2.45) is 0 Å². The Bertz CT molecular complexity index is 2990. The average Bonchev–Trinajstić information content (AvgIpc) is 3.81. The van der Waals surface area contributed by atoms with Crippen LogP contribution in [0.3, 0.4) is 0 Å². The van der Waals surface area contributed by atoms with Crippen LogP contribution >= 0.6 is 0 Å². The first-order valence-electron chi connectivity index (χ1n) is 16.9. The summed E-state index contributed by atoms with van der Waals surface area (Å²) in [4.78, 5) is 5.32. The Balaban J connectivity index is 1.21. The maximum atomic E-state index is 6.74. The lowest BCUT2D eigenvalue weighted by atomic mass is 9.35. The minimum atomic E-state index is 0.0207. The van der Waals surface area contributed by atoms with E-state index >= 15 is 0 Å².